The van der Waals surface area contributed by atoms with Gasteiger partial charge < -0.3 is 10.6 Å². The highest BCUT2D eigenvalue weighted by molar-refractivity contribution is 5.76. The van der Waals surface area contributed by atoms with Crippen LogP contribution in [0.15, 0.2) is 0 Å². The van der Waals surface area contributed by atoms with E-state index in [1.54, 1.807) is 13.8 Å². The van der Waals surface area contributed by atoms with E-state index in [2.05, 4.69) is 16.7 Å². The molecule has 1 unspecified atom stereocenters. The van der Waals surface area contributed by atoms with E-state index in [0.717, 1.165) is 6.54 Å². The van der Waals surface area contributed by atoms with Gasteiger partial charge in [0.05, 0.1) is 11.5 Å². The number of nitrogens with one attached hydrogen (secondary N) is 2. The number of amides is 1. The largest absolute Gasteiger partial charge is 0.354 e. The highest BCUT2D eigenvalue weighted by atomic mass is 16.1. The third kappa shape index (κ3) is 6.92. The zero-order valence-electron chi connectivity index (χ0n) is 10.1. The van der Waals surface area contributed by atoms with Crippen LogP contribution in [0, 0.1) is 16.7 Å². The molecular weight excluding hydrogens is 190 g/mol. The molecule has 0 aromatic carbocycles. The number of hydrogen-bond acceptors (Lipinski definition) is 3. The van der Waals surface area contributed by atoms with E-state index in [4.69, 9.17) is 5.26 Å². The molecule has 0 spiro atoms. The molecule has 4 nitrogen and oxygen atoms in total. The van der Waals surface area contributed by atoms with Crippen LogP contribution < -0.4 is 10.6 Å². The monoisotopic (exact) mass is 211 g/mol. The van der Waals surface area contributed by atoms with Crippen molar-refractivity contribution in [1.82, 2.24) is 10.6 Å². The minimum atomic E-state index is -0.489. The second-order valence-electron chi connectivity index (χ2n) is 4.44. The molecule has 4 heteroatoms. The van der Waals surface area contributed by atoms with E-state index in [1.807, 2.05) is 13.8 Å². The Hall–Kier alpha value is -1.08. The molecule has 86 valence electrons. The molecule has 0 aliphatic heterocycles. The fraction of sp³-hybridized carbons (Fsp3) is 0.818. The summed E-state index contributed by atoms with van der Waals surface area (Å²) >= 11 is 0. The summed E-state index contributed by atoms with van der Waals surface area (Å²) in [6, 6.07) is 2.33. The van der Waals surface area contributed by atoms with Crippen molar-refractivity contribution in [3.63, 3.8) is 0 Å². The Kier molecular flexibility index (Phi) is 5.95. The minimum absolute atomic E-state index is 0.00762. The summed E-state index contributed by atoms with van der Waals surface area (Å²) in [5.74, 6) is -0.00762. The van der Waals surface area contributed by atoms with E-state index in [9.17, 15) is 4.79 Å². The van der Waals surface area contributed by atoms with Crippen LogP contribution in [0.3, 0.4) is 0 Å². The van der Waals surface area contributed by atoms with E-state index in [-0.39, 0.29) is 11.9 Å². The molecule has 0 saturated carbocycles. The Morgan fingerprint density at radius 2 is 2.13 bits per heavy atom. The number of carbonyl (C=O) groups is 1. The standard InChI is InChI=1S/C11H21N3O/c1-5-13-9(2)6-10(15)14-8-11(3,4)7-12/h9,13H,5-6,8H2,1-4H3,(H,14,15). The summed E-state index contributed by atoms with van der Waals surface area (Å²) in [5.41, 5.74) is -0.489. The van der Waals surface area contributed by atoms with Crippen molar-refractivity contribution in [2.24, 2.45) is 5.41 Å². The fourth-order valence-electron chi connectivity index (χ4n) is 1.13. The molecule has 0 rings (SSSR count). The first-order chi connectivity index (χ1) is 6.91. The maximum absolute atomic E-state index is 11.4. The summed E-state index contributed by atoms with van der Waals surface area (Å²) in [4.78, 5) is 11.4. The normalized spacial score (nSPS) is 13.0. The molecule has 0 aromatic rings. The van der Waals surface area contributed by atoms with Gasteiger partial charge in [0.15, 0.2) is 0 Å². The first kappa shape index (κ1) is 13.9. The van der Waals surface area contributed by atoms with Crippen molar-refractivity contribution in [3.05, 3.63) is 0 Å². The smallest absolute Gasteiger partial charge is 0.221 e. The zero-order chi connectivity index (χ0) is 11.9. The average Bonchev–Trinajstić information content (AvgIpc) is 2.15. The molecule has 0 bridgehead atoms. The number of nitriles is 1. The lowest BCUT2D eigenvalue weighted by molar-refractivity contribution is -0.121. The van der Waals surface area contributed by atoms with Crippen molar-refractivity contribution >= 4 is 5.91 Å². The molecule has 1 amide bonds. The topological polar surface area (TPSA) is 64.9 Å². The summed E-state index contributed by atoms with van der Waals surface area (Å²) in [5, 5.41) is 14.7. The summed E-state index contributed by atoms with van der Waals surface area (Å²) < 4.78 is 0. The number of hydrogen-bond donors (Lipinski definition) is 2. The predicted octanol–water partition coefficient (Wildman–Crippen LogP) is 1.04. The van der Waals surface area contributed by atoms with Crippen LogP contribution >= 0.6 is 0 Å². The Labute approximate surface area is 92.0 Å². The summed E-state index contributed by atoms with van der Waals surface area (Å²) in [6.07, 6.45) is 0.454. The van der Waals surface area contributed by atoms with Crippen LogP contribution in [-0.4, -0.2) is 25.0 Å². The Morgan fingerprint density at radius 3 is 2.60 bits per heavy atom. The molecule has 1 atom stereocenters. The lowest BCUT2D eigenvalue weighted by Crippen LogP contribution is -2.37. The molecular formula is C11H21N3O. The van der Waals surface area contributed by atoms with Crippen LogP contribution in [0.1, 0.15) is 34.1 Å². The van der Waals surface area contributed by atoms with E-state index >= 15 is 0 Å². The molecule has 0 radical (unpaired) electrons. The van der Waals surface area contributed by atoms with Gasteiger partial charge in [-0.2, -0.15) is 5.26 Å². The van der Waals surface area contributed by atoms with E-state index < -0.39 is 5.41 Å². The maximum atomic E-state index is 11.4. The second kappa shape index (κ2) is 6.41. The first-order valence-electron chi connectivity index (χ1n) is 5.32. The van der Waals surface area contributed by atoms with Crippen LogP contribution in [-0.2, 0) is 4.79 Å². The number of nitrogens with zero attached hydrogens (tertiary/aromatic N) is 1. The van der Waals surface area contributed by atoms with E-state index in [1.165, 1.54) is 0 Å². The lowest BCUT2D eigenvalue weighted by Gasteiger charge is -2.17. The molecule has 2 N–H and O–H groups in total. The van der Waals surface area contributed by atoms with Gasteiger partial charge in [0.25, 0.3) is 0 Å². The minimum Gasteiger partial charge on any atom is -0.354 e. The van der Waals surface area contributed by atoms with Crippen molar-refractivity contribution in [2.75, 3.05) is 13.1 Å². The molecule has 0 saturated heterocycles. The number of rotatable bonds is 6. The Morgan fingerprint density at radius 1 is 1.53 bits per heavy atom. The van der Waals surface area contributed by atoms with Crippen molar-refractivity contribution in [2.45, 2.75) is 40.2 Å². The van der Waals surface area contributed by atoms with Crippen molar-refractivity contribution in [3.8, 4) is 6.07 Å². The Bertz CT molecular complexity index is 243. The predicted molar refractivity (Wildman–Crippen MR) is 60.2 cm³/mol. The van der Waals surface area contributed by atoms with Gasteiger partial charge in [0.2, 0.25) is 5.91 Å². The summed E-state index contributed by atoms with van der Waals surface area (Å²) in [6.45, 7) is 8.85. The molecule has 0 aliphatic rings. The second-order valence-corrected chi connectivity index (χ2v) is 4.44. The van der Waals surface area contributed by atoms with Gasteiger partial charge in [-0.25, -0.2) is 0 Å². The quantitative estimate of drug-likeness (QED) is 0.690. The average molecular weight is 211 g/mol. The van der Waals surface area contributed by atoms with E-state index in [0.29, 0.717) is 13.0 Å². The van der Waals surface area contributed by atoms with Crippen LogP contribution in [0.2, 0.25) is 0 Å². The maximum Gasteiger partial charge on any atom is 0.221 e. The highest BCUT2D eigenvalue weighted by Gasteiger charge is 2.18. The third-order valence-corrected chi connectivity index (χ3v) is 2.07. The van der Waals surface area contributed by atoms with Gasteiger partial charge in [-0.05, 0) is 27.3 Å². The van der Waals surface area contributed by atoms with Crippen LogP contribution in [0.25, 0.3) is 0 Å². The van der Waals surface area contributed by atoms with Gasteiger partial charge in [0, 0.05) is 19.0 Å². The first-order valence-corrected chi connectivity index (χ1v) is 5.32. The van der Waals surface area contributed by atoms with Crippen LogP contribution in [0.4, 0.5) is 0 Å². The van der Waals surface area contributed by atoms with Crippen LogP contribution in [0.5, 0.6) is 0 Å². The molecule has 0 fully saturated rings. The van der Waals surface area contributed by atoms with Gasteiger partial charge in [-0.1, -0.05) is 6.92 Å². The van der Waals surface area contributed by atoms with Crippen molar-refractivity contribution < 1.29 is 4.79 Å². The molecule has 0 heterocycles. The number of carbonyl (C=O) groups excluding carboxylic acids is 1. The van der Waals surface area contributed by atoms with Gasteiger partial charge >= 0.3 is 0 Å². The zero-order valence-corrected chi connectivity index (χ0v) is 10.1. The Balaban J connectivity index is 3.81. The lowest BCUT2D eigenvalue weighted by atomic mass is 9.96. The van der Waals surface area contributed by atoms with Gasteiger partial charge in [0.1, 0.15) is 0 Å². The van der Waals surface area contributed by atoms with Gasteiger partial charge in [-0.15, -0.1) is 0 Å². The third-order valence-electron chi connectivity index (χ3n) is 2.07. The molecule has 0 aliphatic carbocycles. The van der Waals surface area contributed by atoms with Gasteiger partial charge in [-0.3, -0.25) is 4.79 Å². The SMILES string of the molecule is CCNC(C)CC(=O)NCC(C)(C)C#N. The van der Waals surface area contributed by atoms with Crippen molar-refractivity contribution in [1.29, 1.82) is 5.26 Å². The molecule has 15 heavy (non-hydrogen) atoms. The summed E-state index contributed by atoms with van der Waals surface area (Å²) in [7, 11) is 0. The highest BCUT2D eigenvalue weighted by Crippen LogP contribution is 2.10. The molecule has 0 aromatic heterocycles. The fourth-order valence-corrected chi connectivity index (χ4v) is 1.13.